The van der Waals surface area contributed by atoms with E-state index >= 15 is 0 Å². The SMILES string of the molecule is Cc1cc(SCC(NC(C)C)C(N)=O)n(C)n1. The highest BCUT2D eigenvalue weighted by atomic mass is 32.2. The number of aryl methyl sites for hydroxylation is 2. The van der Waals surface area contributed by atoms with E-state index in [9.17, 15) is 4.79 Å². The predicted molar refractivity (Wildman–Crippen MR) is 69.9 cm³/mol. The van der Waals surface area contributed by atoms with Gasteiger partial charge in [-0.15, -0.1) is 11.8 Å². The Kier molecular flexibility index (Phi) is 5.02. The second-order valence-electron chi connectivity index (χ2n) is 4.33. The van der Waals surface area contributed by atoms with Gasteiger partial charge < -0.3 is 11.1 Å². The summed E-state index contributed by atoms with van der Waals surface area (Å²) in [4.78, 5) is 11.3. The van der Waals surface area contributed by atoms with E-state index in [0.717, 1.165) is 10.7 Å². The molecule has 0 bridgehead atoms. The highest BCUT2D eigenvalue weighted by Crippen LogP contribution is 2.19. The van der Waals surface area contributed by atoms with Crippen molar-refractivity contribution in [1.82, 2.24) is 15.1 Å². The van der Waals surface area contributed by atoms with Crippen LogP contribution in [0.25, 0.3) is 0 Å². The molecule has 1 atom stereocenters. The fourth-order valence-electron chi connectivity index (χ4n) is 1.51. The van der Waals surface area contributed by atoms with E-state index in [1.807, 2.05) is 38.6 Å². The van der Waals surface area contributed by atoms with Crippen LogP contribution in [0, 0.1) is 6.92 Å². The van der Waals surface area contributed by atoms with Gasteiger partial charge in [-0.3, -0.25) is 9.48 Å². The second kappa shape index (κ2) is 6.07. The molecular formula is C11H20N4OS. The van der Waals surface area contributed by atoms with Crippen LogP contribution in [-0.4, -0.2) is 33.5 Å². The number of hydrogen-bond donors (Lipinski definition) is 2. The molecular weight excluding hydrogens is 236 g/mol. The zero-order valence-electron chi connectivity index (χ0n) is 10.7. The Labute approximate surface area is 106 Å². The molecule has 0 aromatic carbocycles. The van der Waals surface area contributed by atoms with Gasteiger partial charge in [0.25, 0.3) is 0 Å². The minimum Gasteiger partial charge on any atom is -0.368 e. The van der Waals surface area contributed by atoms with Crippen molar-refractivity contribution in [3.8, 4) is 0 Å². The first kappa shape index (κ1) is 14.1. The largest absolute Gasteiger partial charge is 0.368 e. The number of carbonyl (C=O) groups excluding carboxylic acids is 1. The Morgan fingerprint density at radius 3 is 2.71 bits per heavy atom. The van der Waals surface area contributed by atoms with Crippen molar-refractivity contribution < 1.29 is 4.79 Å². The van der Waals surface area contributed by atoms with Crippen molar-refractivity contribution in [2.75, 3.05) is 5.75 Å². The summed E-state index contributed by atoms with van der Waals surface area (Å²) in [6, 6.07) is 1.93. The van der Waals surface area contributed by atoms with Crippen molar-refractivity contribution >= 4 is 17.7 Å². The molecule has 1 rings (SSSR count). The molecule has 0 saturated carbocycles. The molecule has 6 heteroatoms. The van der Waals surface area contributed by atoms with Gasteiger partial charge in [-0.1, -0.05) is 13.8 Å². The highest BCUT2D eigenvalue weighted by molar-refractivity contribution is 7.99. The Hall–Kier alpha value is -1.01. The van der Waals surface area contributed by atoms with Gasteiger partial charge in [0.1, 0.15) is 0 Å². The molecule has 0 aliphatic heterocycles. The van der Waals surface area contributed by atoms with Gasteiger partial charge in [0.15, 0.2) is 0 Å². The van der Waals surface area contributed by atoms with E-state index in [-0.39, 0.29) is 18.0 Å². The summed E-state index contributed by atoms with van der Waals surface area (Å²) in [5, 5.41) is 8.45. The third-order valence-corrected chi connectivity index (χ3v) is 3.41. The first-order chi connectivity index (χ1) is 7.90. The summed E-state index contributed by atoms with van der Waals surface area (Å²) in [6.45, 7) is 5.94. The van der Waals surface area contributed by atoms with Crippen molar-refractivity contribution in [2.24, 2.45) is 12.8 Å². The van der Waals surface area contributed by atoms with Gasteiger partial charge in [-0.25, -0.2) is 0 Å². The Balaban J connectivity index is 2.57. The molecule has 17 heavy (non-hydrogen) atoms. The zero-order chi connectivity index (χ0) is 13.0. The highest BCUT2D eigenvalue weighted by Gasteiger charge is 2.17. The van der Waals surface area contributed by atoms with Gasteiger partial charge >= 0.3 is 0 Å². The quantitative estimate of drug-likeness (QED) is 0.734. The van der Waals surface area contributed by atoms with E-state index in [2.05, 4.69) is 10.4 Å². The average Bonchev–Trinajstić information content (AvgIpc) is 2.51. The molecule has 1 heterocycles. The van der Waals surface area contributed by atoms with Crippen molar-refractivity contribution in [2.45, 2.75) is 37.9 Å². The van der Waals surface area contributed by atoms with Crippen LogP contribution in [0.3, 0.4) is 0 Å². The number of nitrogens with two attached hydrogens (primary N) is 1. The van der Waals surface area contributed by atoms with Gasteiger partial charge in [0.05, 0.1) is 16.8 Å². The number of amides is 1. The normalized spacial score (nSPS) is 13.0. The van der Waals surface area contributed by atoms with Crippen molar-refractivity contribution in [3.05, 3.63) is 11.8 Å². The molecule has 0 spiro atoms. The van der Waals surface area contributed by atoms with Gasteiger partial charge in [-0.2, -0.15) is 5.10 Å². The average molecular weight is 256 g/mol. The van der Waals surface area contributed by atoms with Crippen LogP contribution in [0.4, 0.5) is 0 Å². The first-order valence-electron chi connectivity index (χ1n) is 5.59. The summed E-state index contributed by atoms with van der Waals surface area (Å²) in [6.07, 6.45) is 0. The maximum Gasteiger partial charge on any atom is 0.235 e. The maximum absolute atomic E-state index is 11.3. The fourth-order valence-corrected chi connectivity index (χ4v) is 2.58. The van der Waals surface area contributed by atoms with Gasteiger partial charge in [0, 0.05) is 18.8 Å². The molecule has 0 radical (unpaired) electrons. The molecule has 1 amide bonds. The number of carbonyl (C=O) groups is 1. The fraction of sp³-hybridized carbons (Fsp3) is 0.636. The number of thioether (sulfide) groups is 1. The number of aromatic nitrogens is 2. The Morgan fingerprint density at radius 2 is 2.29 bits per heavy atom. The van der Waals surface area contributed by atoms with Crippen LogP contribution in [0.5, 0.6) is 0 Å². The minimum absolute atomic E-state index is 0.237. The van der Waals surface area contributed by atoms with Crippen LogP contribution in [0.1, 0.15) is 19.5 Å². The zero-order valence-corrected chi connectivity index (χ0v) is 11.5. The lowest BCUT2D eigenvalue weighted by atomic mass is 10.3. The monoisotopic (exact) mass is 256 g/mol. The lowest BCUT2D eigenvalue weighted by molar-refractivity contribution is -0.119. The topological polar surface area (TPSA) is 72.9 Å². The summed E-state index contributed by atoms with van der Waals surface area (Å²) in [7, 11) is 1.89. The number of rotatable bonds is 6. The van der Waals surface area contributed by atoms with Gasteiger partial charge in [-0.05, 0) is 13.0 Å². The molecule has 0 saturated heterocycles. The second-order valence-corrected chi connectivity index (χ2v) is 5.38. The van der Waals surface area contributed by atoms with E-state index in [1.165, 1.54) is 0 Å². The third kappa shape index (κ3) is 4.40. The first-order valence-corrected chi connectivity index (χ1v) is 6.57. The van der Waals surface area contributed by atoms with Crippen molar-refractivity contribution in [1.29, 1.82) is 0 Å². The third-order valence-electron chi connectivity index (χ3n) is 2.23. The van der Waals surface area contributed by atoms with E-state index in [0.29, 0.717) is 5.75 Å². The maximum atomic E-state index is 11.3. The summed E-state index contributed by atoms with van der Waals surface area (Å²) >= 11 is 1.58. The van der Waals surface area contributed by atoms with Crippen molar-refractivity contribution in [3.63, 3.8) is 0 Å². The van der Waals surface area contributed by atoms with E-state index in [1.54, 1.807) is 11.8 Å². The van der Waals surface area contributed by atoms with Crippen LogP contribution >= 0.6 is 11.8 Å². The molecule has 0 aliphatic carbocycles. The molecule has 5 nitrogen and oxygen atoms in total. The van der Waals surface area contributed by atoms with Crippen LogP contribution in [0.15, 0.2) is 11.1 Å². The number of nitrogens with one attached hydrogen (secondary N) is 1. The molecule has 1 unspecified atom stereocenters. The lowest BCUT2D eigenvalue weighted by Gasteiger charge is -2.17. The smallest absolute Gasteiger partial charge is 0.235 e. The van der Waals surface area contributed by atoms with Crippen LogP contribution in [0.2, 0.25) is 0 Å². The summed E-state index contributed by atoms with van der Waals surface area (Å²) in [5.41, 5.74) is 6.33. The predicted octanol–water partition coefficient (Wildman–Crippen LogP) is 0.673. The lowest BCUT2D eigenvalue weighted by Crippen LogP contribution is -2.46. The summed E-state index contributed by atoms with van der Waals surface area (Å²) < 4.78 is 1.81. The number of nitrogens with zero attached hydrogens (tertiary/aromatic N) is 2. The van der Waals surface area contributed by atoms with E-state index in [4.69, 9.17) is 5.73 Å². The Morgan fingerprint density at radius 1 is 1.65 bits per heavy atom. The number of primary amides is 1. The molecule has 0 fully saturated rings. The standard InChI is InChI=1S/C11H20N4OS/c1-7(2)13-9(11(12)16)6-17-10-5-8(3)14-15(10)4/h5,7,9,13H,6H2,1-4H3,(H2,12,16). The molecule has 96 valence electrons. The van der Waals surface area contributed by atoms with Crippen LogP contribution in [-0.2, 0) is 11.8 Å². The summed E-state index contributed by atoms with van der Waals surface area (Å²) in [5.74, 6) is 0.303. The molecule has 3 N–H and O–H groups in total. The van der Waals surface area contributed by atoms with Gasteiger partial charge in [0.2, 0.25) is 5.91 Å². The molecule has 0 aliphatic rings. The Bertz CT molecular complexity index is 389. The minimum atomic E-state index is -0.315. The van der Waals surface area contributed by atoms with Crippen LogP contribution < -0.4 is 11.1 Å². The number of hydrogen-bond acceptors (Lipinski definition) is 4. The van der Waals surface area contributed by atoms with E-state index < -0.39 is 0 Å². The molecule has 1 aromatic heterocycles. The molecule has 1 aromatic rings.